The Morgan fingerprint density at radius 1 is 1.33 bits per heavy atom. The third-order valence-corrected chi connectivity index (χ3v) is 3.42. The molecule has 92 valence electrons. The normalized spacial score (nSPS) is 10.2. The summed E-state index contributed by atoms with van der Waals surface area (Å²) in [5.41, 5.74) is 0.861. The number of halogens is 3. The topological polar surface area (TPSA) is 54.9 Å². The van der Waals surface area contributed by atoms with E-state index in [1.54, 1.807) is 24.4 Å². The van der Waals surface area contributed by atoms with Crippen LogP contribution in [0, 0.1) is 0 Å². The van der Waals surface area contributed by atoms with Crippen LogP contribution in [0.1, 0.15) is 10.4 Å². The standard InChI is InChI=1S/C11H6Br2ClN3O/c12-6-4-7(10(14)16-5-6)11(18)17-8-2-1-3-15-9(8)13/h1-5H,(H,17,18). The zero-order chi connectivity index (χ0) is 13.1. The summed E-state index contributed by atoms with van der Waals surface area (Å²) in [5.74, 6) is -0.345. The molecule has 18 heavy (non-hydrogen) atoms. The van der Waals surface area contributed by atoms with Crippen molar-refractivity contribution in [3.05, 3.63) is 50.4 Å². The highest BCUT2D eigenvalue weighted by Gasteiger charge is 2.13. The predicted molar refractivity (Wildman–Crippen MR) is 76.8 cm³/mol. The fraction of sp³-hybridized carbons (Fsp3) is 0. The van der Waals surface area contributed by atoms with Crippen LogP contribution in [0.25, 0.3) is 0 Å². The zero-order valence-corrected chi connectivity index (χ0v) is 12.8. The molecule has 7 heteroatoms. The van der Waals surface area contributed by atoms with Gasteiger partial charge in [0, 0.05) is 16.9 Å². The lowest BCUT2D eigenvalue weighted by atomic mass is 10.2. The van der Waals surface area contributed by atoms with Crippen LogP contribution in [-0.4, -0.2) is 15.9 Å². The van der Waals surface area contributed by atoms with Crippen molar-refractivity contribution in [3.63, 3.8) is 0 Å². The van der Waals surface area contributed by atoms with Crippen LogP contribution in [0.2, 0.25) is 5.15 Å². The van der Waals surface area contributed by atoms with Crippen molar-refractivity contribution >= 4 is 55.1 Å². The Morgan fingerprint density at radius 2 is 2.11 bits per heavy atom. The molecule has 4 nitrogen and oxygen atoms in total. The number of nitrogens with one attached hydrogen (secondary N) is 1. The van der Waals surface area contributed by atoms with E-state index >= 15 is 0 Å². The highest BCUT2D eigenvalue weighted by molar-refractivity contribution is 9.10. The quantitative estimate of drug-likeness (QED) is 0.790. The van der Waals surface area contributed by atoms with E-state index < -0.39 is 0 Å². The van der Waals surface area contributed by atoms with E-state index in [-0.39, 0.29) is 11.1 Å². The van der Waals surface area contributed by atoms with Gasteiger partial charge >= 0.3 is 0 Å². The van der Waals surface area contributed by atoms with Crippen molar-refractivity contribution in [1.82, 2.24) is 9.97 Å². The molecular formula is C11H6Br2ClN3O. The van der Waals surface area contributed by atoms with Gasteiger partial charge in [-0.05, 0) is 50.1 Å². The number of aromatic nitrogens is 2. The van der Waals surface area contributed by atoms with Gasteiger partial charge in [0.1, 0.15) is 9.76 Å². The highest BCUT2D eigenvalue weighted by Crippen LogP contribution is 2.22. The van der Waals surface area contributed by atoms with Gasteiger partial charge in [-0.25, -0.2) is 9.97 Å². The third kappa shape index (κ3) is 3.07. The van der Waals surface area contributed by atoms with Crippen molar-refractivity contribution in [2.24, 2.45) is 0 Å². The van der Waals surface area contributed by atoms with Gasteiger partial charge in [-0.2, -0.15) is 0 Å². The lowest BCUT2D eigenvalue weighted by Crippen LogP contribution is -2.13. The molecule has 0 saturated carbocycles. The molecule has 0 aromatic carbocycles. The van der Waals surface area contributed by atoms with Gasteiger partial charge in [-0.15, -0.1) is 0 Å². The Morgan fingerprint density at radius 3 is 2.83 bits per heavy atom. The third-order valence-electron chi connectivity index (χ3n) is 2.06. The van der Waals surface area contributed by atoms with Crippen LogP contribution >= 0.6 is 43.5 Å². The fourth-order valence-electron chi connectivity index (χ4n) is 1.25. The Balaban J connectivity index is 2.28. The largest absolute Gasteiger partial charge is 0.320 e. The van der Waals surface area contributed by atoms with E-state index in [4.69, 9.17) is 11.6 Å². The monoisotopic (exact) mass is 389 g/mol. The first-order chi connectivity index (χ1) is 8.58. The molecule has 2 aromatic rings. The van der Waals surface area contributed by atoms with Crippen LogP contribution in [0.15, 0.2) is 39.7 Å². The number of pyridine rings is 2. The van der Waals surface area contributed by atoms with E-state index in [0.29, 0.717) is 20.3 Å². The number of hydrogen-bond donors (Lipinski definition) is 1. The maximum Gasteiger partial charge on any atom is 0.258 e. The molecule has 2 heterocycles. The molecule has 0 atom stereocenters. The Kier molecular flexibility index (Phi) is 4.31. The summed E-state index contributed by atoms with van der Waals surface area (Å²) in [7, 11) is 0. The number of hydrogen-bond acceptors (Lipinski definition) is 3. The van der Waals surface area contributed by atoms with Crippen LogP contribution in [0.3, 0.4) is 0 Å². The van der Waals surface area contributed by atoms with E-state index in [0.717, 1.165) is 0 Å². The van der Waals surface area contributed by atoms with Gasteiger partial charge in [0.15, 0.2) is 0 Å². The summed E-state index contributed by atoms with van der Waals surface area (Å²) in [5, 5.41) is 2.85. The van der Waals surface area contributed by atoms with E-state index in [1.807, 2.05) is 0 Å². The molecule has 1 N–H and O–H groups in total. The predicted octanol–water partition coefficient (Wildman–Crippen LogP) is 3.91. The Hall–Kier alpha value is -0.980. The summed E-state index contributed by atoms with van der Waals surface area (Å²) in [6.45, 7) is 0. The minimum atomic E-state index is -0.345. The minimum Gasteiger partial charge on any atom is -0.320 e. The maximum atomic E-state index is 12.0. The van der Waals surface area contributed by atoms with Crippen molar-refractivity contribution in [1.29, 1.82) is 0 Å². The van der Waals surface area contributed by atoms with Crippen LogP contribution in [-0.2, 0) is 0 Å². The lowest BCUT2D eigenvalue weighted by Gasteiger charge is -2.07. The molecule has 0 spiro atoms. The smallest absolute Gasteiger partial charge is 0.258 e. The number of nitrogens with zero attached hydrogens (tertiary/aromatic N) is 2. The Labute approximate surface area is 125 Å². The average molecular weight is 391 g/mol. The number of anilines is 1. The van der Waals surface area contributed by atoms with Crippen molar-refractivity contribution in [3.8, 4) is 0 Å². The first kappa shape index (κ1) is 13.5. The number of rotatable bonds is 2. The van der Waals surface area contributed by atoms with Gasteiger partial charge in [-0.1, -0.05) is 11.6 Å². The van der Waals surface area contributed by atoms with Crippen LogP contribution in [0.4, 0.5) is 5.69 Å². The average Bonchev–Trinajstić information content (AvgIpc) is 2.35. The Bertz CT molecular complexity index is 607. The molecule has 0 saturated heterocycles. The molecule has 0 aliphatic rings. The molecule has 0 fully saturated rings. The van der Waals surface area contributed by atoms with Gasteiger partial charge < -0.3 is 5.32 Å². The van der Waals surface area contributed by atoms with Crippen molar-refractivity contribution < 1.29 is 4.79 Å². The van der Waals surface area contributed by atoms with Gasteiger partial charge in [0.25, 0.3) is 5.91 Å². The number of amides is 1. The highest BCUT2D eigenvalue weighted by atomic mass is 79.9. The fourth-order valence-corrected chi connectivity index (χ4v) is 2.12. The first-order valence-electron chi connectivity index (χ1n) is 4.81. The number of carbonyl (C=O) groups excluding carboxylic acids is 1. The molecule has 2 rings (SSSR count). The molecule has 0 bridgehead atoms. The molecule has 0 radical (unpaired) electrons. The molecule has 2 aromatic heterocycles. The summed E-state index contributed by atoms with van der Waals surface area (Å²) >= 11 is 12.4. The molecule has 0 unspecified atom stereocenters. The summed E-state index contributed by atoms with van der Waals surface area (Å²) < 4.78 is 1.24. The van der Waals surface area contributed by atoms with E-state index in [2.05, 4.69) is 47.1 Å². The van der Waals surface area contributed by atoms with Crippen LogP contribution in [0.5, 0.6) is 0 Å². The number of carbonyl (C=O) groups is 1. The van der Waals surface area contributed by atoms with Crippen molar-refractivity contribution in [2.45, 2.75) is 0 Å². The van der Waals surface area contributed by atoms with Crippen LogP contribution < -0.4 is 5.32 Å². The van der Waals surface area contributed by atoms with Gasteiger partial charge in [-0.3, -0.25) is 4.79 Å². The molecular weight excluding hydrogens is 385 g/mol. The second-order valence-corrected chi connectivity index (χ2v) is 5.31. The summed E-state index contributed by atoms with van der Waals surface area (Å²) in [6.07, 6.45) is 3.15. The van der Waals surface area contributed by atoms with E-state index in [1.165, 1.54) is 6.20 Å². The van der Waals surface area contributed by atoms with E-state index in [9.17, 15) is 4.79 Å². The van der Waals surface area contributed by atoms with Gasteiger partial charge in [0.2, 0.25) is 0 Å². The SMILES string of the molecule is O=C(Nc1cccnc1Br)c1cc(Br)cnc1Cl. The second kappa shape index (κ2) is 5.77. The first-order valence-corrected chi connectivity index (χ1v) is 6.77. The molecule has 1 amide bonds. The van der Waals surface area contributed by atoms with Gasteiger partial charge in [0.05, 0.1) is 11.3 Å². The zero-order valence-electron chi connectivity index (χ0n) is 8.82. The summed E-state index contributed by atoms with van der Waals surface area (Å²) in [4.78, 5) is 19.9. The summed E-state index contributed by atoms with van der Waals surface area (Å²) in [6, 6.07) is 5.06. The van der Waals surface area contributed by atoms with Crippen molar-refractivity contribution in [2.75, 3.05) is 5.32 Å². The molecule has 0 aliphatic carbocycles. The second-order valence-electron chi connectivity index (χ2n) is 3.29. The molecule has 0 aliphatic heterocycles. The maximum absolute atomic E-state index is 12.0. The minimum absolute atomic E-state index is 0.149. The lowest BCUT2D eigenvalue weighted by molar-refractivity contribution is 0.102.